The molecule has 3 N–H and O–H groups in total. The zero-order chi connectivity index (χ0) is 12.4. The first-order chi connectivity index (χ1) is 8.13. The van der Waals surface area contributed by atoms with Gasteiger partial charge >= 0.3 is 0 Å². The quantitative estimate of drug-likeness (QED) is 0.794. The maximum absolute atomic E-state index is 11.9. The number of nitrogens with one attached hydrogen (secondary N) is 2. The highest BCUT2D eigenvalue weighted by Gasteiger charge is 2.29. The van der Waals surface area contributed by atoms with Crippen LogP contribution in [0.25, 0.3) is 0 Å². The highest BCUT2D eigenvalue weighted by molar-refractivity contribution is 6.00. The summed E-state index contributed by atoms with van der Waals surface area (Å²) in [7, 11) is 1.82. The van der Waals surface area contributed by atoms with Crippen LogP contribution in [0.4, 0.5) is 11.4 Å². The van der Waals surface area contributed by atoms with Gasteiger partial charge in [0.05, 0.1) is 24.0 Å². The lowest BCUT2D eigenvalue weighted by atomic mass is 9.97. The average molecular weight is 234 g/mol. The molecule has 0 aromatic heterocycles. The molecule has 17 heavy (non-hydrogen) atoms. The smallest absolute Gasteiger partial charge is 0.242 e. The molecular formula is C12H16N3O2. The third kappa shape index (κ3) is 2.25. The van der Waals surface area contributed by atoms with Crippen molar-refractivity contribution in [3.8, 4) is 0 Å². The minimum Gasteiger partial charge on any atom is -0.395 e. The molecule has 0 fully saturated rings. The Labute approximate surface area is 100 Å². The lowest BCUT2D eigenvalue weighted by Crippen LogP contribution is -2.47. The molecule has 5 nitrogen and oxygen atoms in total. The van der Waals surface area contributed by atoms with Crippen molar-refractivity contribution in [1.82, 2.24) is 10.6 Å². The van der Waals surface area contributed by atoms with Crippen LogP contribution in [0.3, 0.4) is 0 Å². The van der Waals surface area contributed by atoms with E-state index < -0.39 is 0 Å². The van der Waals surface area contributed by atoms with Crippen molar-refractivity contribution in [1.29, 1.82) is 0 Å². The summed E-state index contributed by atoms with van der Waals surface area (Å²) >= 11 is 0. The third-order valence-corrected chi connectivity index (χ3v) is 3.10. The fraction of sp³-hybridized carbons (Fsp3) is 0.417. The van der Waals surface area contributed by atoms with Gasteiger partial charge in [-0.1, -0.05) is 12.1 Å². The van der Waals surface area contributed by atoms with Gasteiger partial charge in [-0.15, -0.1) is 0 Å². The lowest BCUT2D eigenvalue weighted by molar-refractivity contribution is -0.121. The first-order valence-electron chi connectivity index (χ1n) is 5.59. The number of aliphatic hydroxyl groups is 1. The van der Waals surface area contributed by atoms with Gasteiger partial charge in [0.25, 0.3) is 0 Å². The molecule has 1 unspecified atom stereocenters. The van der Waals surface area contributed by atoms with Crippen molar-refractivity contribution < 1.29 is 9.90 Å². The Morgan fingerprint density at radius 2 is 2.35 bits per heavy atom. The molecule has 1 radical (unpaired) electrons. The number of carbonyl (C=O) groups is 1. The van der Waals surface area contributed by atoms with Crippen molar-refractivity contribution in [3.63, 3.8) is 0 Å². The lowest BCUT2D eigenvalue weighted by Gasteiger charge is -2.31. The van der Waals surface area contributed by atoms with Crippen molar-refractivity contribution in [3.05, 3.63) is 23.8 Å². The molecule has 0 spiro atoms. The first kappa shape index (κ1) is 11.9. The van der Waals surface area contributed by atoms with Crippen molar-refractivity contribution in [2.75, 3.05) is 25.5 Å². The molecule has 1 heterocycles. The molecule has 0 saturated carbocycles. The minimum atomic E-state index is -0.267. The molecule has 0 aliphatic carbocycles. The molecule has 0 bridgehead atoms. The molecule has 5 heteroatoms. The van der Waals surface area contributed by atoms with E-state index >= 15 is 0 Å². The van der Waals surface area contributed by atoms with Crippen LogP contribution in [-0.4, -0.2) is 42.2 Å². The number of benzene rings is 1. The van der Waals surface area contributed by atoms with Crippen molar-refractivity contribution in [2.24, 2.45) is 0 Å². The van der Waals surface area contributed by atoms with Gasteiger partial charge in [-0.05, 0) is 25.1 Å². The van der Waals surface area contributed by atoms with Gasteiger partial charge in [-0.2, -0.15) is 0 Å². The van der Waals surface area contributed by atoms with Crippen LogP contribution in [0.1, 0.15) is 5.56 Å². The van der Waals surface area contributed by atoms with Gasteiger partial charge in [0.2, 0.25) is 5.91 Å². The van der Waals surface area contributed by atoms with Crippen LogP contribution >= 0.6 is 0 Å². The largest absolute Gasteiger partial charge is 0.395 e. The topological polar surface area (TPSA) is 76.4 Å². The van der Waals surface area contributed by atoms with E-state index in [0.717, 1.165) is 5.56 Å². The Balaban J connectivity index is 2.24. The van der Waals surface area contributed by atoms with Crippen molar-refractivity contribution in [2.45, 2.75) is 12.5 Å². The van der Waals surface area contributed by atoms with Crippen LogP contribution < -0.4 is 11.1 Å². The van der Waals surface area contributed by atoms with Gasteiger partial charge in [-0.25, -0.2) is 0 Å². The Bertz CT molecular complexity index is 434. The predicted octanol–water partition coefficient (Wildman–Crippen LogP) is 0.388. The van der Waals surface area contributed by atoms with Crippen LogP contribution in [-0.2, 0) is 11.2 Å². The monoisotopic (exact) mass is 234 g/mol. The molecule has 1 aliphatic heterocycles. The van der Waals surface area contributed by atoms with E-state index in [1.807, 2.05) is 24.1 Å². The number of amides is 1. The van der Waals surface area contributed by atoms with Crippen molar-refractivity contribution >= 4 is 17.3 Å². The second-order valence-electron chi connectivity index (χ2n) is 4.25. The van der Waals surface area contributed by atoms with Crippen LogP contribution in [0.5, 0.6) is 0 Å². The van der Waals surface area contributed by atoms with E-state index in [0.29, 0.717) is 24.3 Å². The van der Waals surface area contributed by atoms with Crippen LogP contribution in [0.2, 0.25) is 0 Å². The van der Waals surface area contributed by atoms with E-state index in [9.17, 15) is 4.79 Å². The van der Waals surface area contributed by atoms with E-state index in [-0.39, 0.29) is 18.6 Å². The Morgan fingerprint density at radius 3 is 3.06 bits per heavy atom. The van der Waals surface area contributed by atoms with Gasteiger partial charge in [0, 0.05) is 6.54 Å². The predicted molar refractivity (Wildman–Crippen MR) is 65.0 cm³/mol. The number of aliphatic hydroxyl groups excluding tert-OH is 1. The standard InChI is InChI=1S/C12H16N3O2/c1-15(5-6-16)10-7-8-3-2-4-9(13)11(8)14-12(10)17/h2-4,10,13,16H,5-7H2,1H3,(H,14,17). The molecule has 1 aliphatic rings. The summed E-state index contributed by atoms with van der Waals surface area (Å²) in [5, 5.41) is 11.7. The van der Waals surface area contributed by atoms with Gasteiger partial charge in [0.15, 0.2) is 0 Å². The minimum absolute atomic E-state index is 0.0334. The van der Waals surface area contributed by atoms with Gasteiger partial charge in [-0.3, -0.25) is 15.4 Å². The maximum atomic E-state index is 11.9. The first-order valence-corrected chi connectivity index (χ1v) is 5.59. The SMILES string of the molecule is CN(CCO)C1Cc2cccc([NH])c2NC1=O. The summed E-state index contributed by atoms with van der Waals surface area (Å²) in [4.78, 5) is 13.7. The molecule has 1 aromatic rings. The molecule has 1 atom stereocenters. The average Bonchev–Trinajstić information content (AvgIpc) is 2.30. The second-order valence-corrected chi connectivity index (χ2v) is 4.25. The van der Waals surface area contributed by atoms with E-state index in [2.05, 4.69) is 5.32 Å². The Kier molecular flexibility index (Phi) is 3.31. The maximum Gasteiger partial charge on any atom is 0.242 e. The second kappa shape index (κ2) is 4.73. The van der Waals surface area contributed by atoms with E-state index in [1.54, 1.807) is 6.07 Å². The molecule has 2 rings (SSSR count). The number of hydrogen-bond donors (Lipinski definition) is 2. The normalized spacial score (nSPS) is 19.0. The number of anilines is 1. The molecule has 91 valence electrons. The number of carbonyl (C=O) groups excluding carboxylic acids is 1. The zero-order valence-corrected chi connectivity index (χ0v) is 9.73. The van der Waals surface area contributed by atoms with Crippen LogP contribution in [0.15, 0.2) is 18.2 Å². The number of nitrogens with zero attached hydrogens (tertiary/aromatic N) is 1. The number of fused-ring (bicyclic) bond motifs is 1. The van der Waals surface area contributed by atoms with E-state index in [4.69, 9.17) is 10.8 Å². The summed E-state index contributed by atoms with van der Waals surface area (Å²) in [5.41, 5.74) is 9.67. The van der Waals surface area contributed by atoms with Gasteiger partial charge < -0.3 is 10.4 Å². The Morgan fingerprint density at radius 1 is 1.59 bits per heavy atom. The summed E-state index contributed by atoms with van der Waals surface area (Å²) in [6, 6.07) is 5.14. The van der Waals surface area contributed by atoms with Crippen LogP contribution in [0, 0.1) is 0 Å². The fourth-order valence-electron chi connectivity index (χ4n) is 2.09. The highest BCUT2D eigenvalue weighted by Crippen LogP contribution is 2.30. The number of hydrogen-bond acceptors (Lipinski definition) is 3. The summed E-state index contributed by atoms with van der Waals surface area (Å²) in [6.07, 6.45) is 0.588. The van der Waals surface area contributed by atoms with E-state index in [1.165, 1.54) is 0 Å². The number of rotatable bonds is 3. The number of likely N-dealkylation sites (N-methyl/N-ethyl adjacent to an activating group) is 1. The third-order valence-electron chi connectivity index (χ3n) is 3.10. The Hall–Kier alpha value is -1.59. The summed E-state index contributed by atoms with van der Waals surface area (Å²) in [5.74, 6) is -0.104. The molecular weight excluding hydrogens is 218 g/mol. The zero-order valence-electron chi connectivity index (χ0n) is 9.73. The molecule has 1 amide bonds. The van der Waals surface area contributed by atoms with Gasteiger partial charge in [0.1, 0.15) is 0 Å². The highest BCUT2D eigenvalue weighted by atomic mass is 16.3. The number of para-hydroxylation sites is 1. The molecule has 0 saturated heterocycles. The fourth-order valence-corrected chi connectivity index (χ4v) is 2.09. The molecule has 1 aromatic carbocycles. The summed E-state index contributed by atoms with van der Waals surface area (Å²) in [6.45, 7) is 0.500. The summed E-state index contributed by atoms with van der Waals surface area (Å²) < 4.78 is 0.